The van der Waals surface area contributed by atoms with E-state index in [1.807, 2.05) is 26.1 Å². The third kappa shape index (κ3) is 1.59. The van der Waals surface area contributed by atoms with E-state index in [2.05, 4.69) is 24.0 Å². The fourth-order valence-electron chi connectivity index (χ4n) is 1.84. The van der Waals surface area contributed by atoms with Crippen LogP contribution in [0.5, 0.6) is 0 Å². The van der Waals surface area contributed by atoms with Gasteiger partial charge in [0.05, 0.1) is 6.33 Å². The van der Waals surface area contributed by atoms with Crippen molar-refractivity contribution >= 4 is 0 Å². The van der Waals surface area contributed by atoms with Gasteiger partial charge < -0.3 is 4.57 Å². The summed E-state index contributed by atoms with van der Waals surface area (Å²) in [6.07, 6.45) is 1.67. The average Bonchev–Trinajstić information content (AvgIpc) is 2.59. The van der Waals surface area contributed by atoms with Gasteiger partial charge >= 0.3 is 0 Å². The molecule has 3 nitrogen and oxygen atoms in total. The van der Waals surface area contributed by atoms with E-state index in [-0.39, 0.29) is 0 Å². The van der Waals surface area contributed by atoms with Crippen LogP contribution in [0.4, 0.5) is 0 Å². The van der Waals surface area contributed by atoms with Crippen molar-refractivity contribution in [3.8, 4) is 17.3 Å². The first kappa shape index (κ1) is 10.4. The van der Waals surface area contributed by atoms with Gasteiger partial charge in [0.25, 0.3) is 0 Å². The number of rotatable bonds is 1. The molecule has 0 unspecified atom stereocenters. The van der Waals surface area contributed by atoms with E-state index >= 15 is 0 Å². The lowest BCUT2D eigenvalue weighted by atomic mass is 10.0. The normalized spacial score (nSPS) is 10.1. The molecule has 1 aromatic heterocycles. The molecule has 0 aliphatic rings. The van der Waals surface area contributed by atoms with Gasteiger partial charge in [-0.25, -0.2) is 4.98 Å². The van der Waals surface area contributed by atoms with E-state index in [9.17, 15) is 0 Å². The van der Waals surface area contributed by atoms with Crippen LogP contribution in [0.2, 0.25) is 0 Å². The van der Waals surface area contributed by atoms with Gasteiger partial charge in [-0.15, -0.1) is 0 Å². The number of imidazole rings is 1. The Labute approximate surface area is 95.0 Å². The summed E-state index contributed by atoms with van der Waals surface area (Å²) in [4.78, 5) is 4.29. The largest absolute Gasteiger partial charge is 0.325 e. The van der Waals surface area contributed by atoms with Crippen LogP contribution in [0.1, 0.15) is 16.8 Å². The molecule has 0 N–H and O–H groups in total. The van der Waals surface area contributed by atoms with Crippen molar-refractivity contribution in [1.82, 2.24) is 9.55 Å². The van der Waals surface area contributed by atoms with Crippen LogP contribution >= 0.6 is 0 Å². The Balaban J connectivity index is 2.64. The van der Waals surface area contributed by atoms with E-state index in [4.69, 9.17) is 5.26 Å². The van der Waals surface area contributed by atoms with Crippen molar-refractivity contribution in [2.75, 3.05) is 0 Å². The van der Waals surface area contributed by atoms with Crippen LogP contribution in [0.15, 0.2) is 24.5 Å². The molecule has 3 heteroatoms. The third-order valence-corrected chi connectivity index (χ3v) is 2.68. The highest BCUT2D eigenvalue weighted by molar-refractivity contribution is 5.68. The summed E-state index contributed by atoms with van der Waals surface area (Å²) in [5.41, 5.74) is 4.77. The second-order valence-corrected chi connectivity index (χ2v) is 3.98. The van der Waals surface area contributed by atoms with Crippen LogP contribution in [0, 0.1) is 25.2 Å². The first-order valence-electron chi connectivity index (χ1n) is 5.12. The molecule has 0 fully saturated rings. The lowest BCUT2D eigenvalue weighted by molar-refractivity contribution is 0.897. The minimum Gasteiger partial charge on any atom is -0.325 e. The summed E-state index contributed by atoms with van der Waals surface area (Å²) in [6.45, 7) is 4.10. The molecule has 0 aliphatic heterocycles. The number of hydrogen-bond donors (Lipinski definition) is 0. The predicted octanol–water partition coefficient (Wildman–Crippen LogP) is 2.58. The Hall–Kier alpha value is -2.08. The summed E-state index contributed by atoms with van der Waals surface area (Å²) in [5, 5.41) is 9.08. The van der Waals surface area contributed by atoms with Gasteiger partial charge in [0.1, 0.15) is 17.5 Å². The molecule has 1 aromatic carbocycles. The number of benzene rings is 1. The first-order chi connectivity index (χ1) is 7.63. The van der Waals surface area contributed by atoms with Crippen molar-refractivity contribution in [2.45, 2.75) is 13.8 Å². The number of aryl methyl sites for hydroxylation is 3. The van der Waals surface area contributed by atoms with Gasteiger partial charge in [-0.1, -0.05) is 23.8 Å². The van der Waals surface area contributed by atoms with Crippen molar-refractivity contribution in [3.63, 3.8) is 0 Å². The summed E-state index contributed by atoms with van der Waals surface area (Å²) in [6, 6.07) is 8.35. The molecular formula is C13H13N3. The van der Waals surface area contributed by atoms with Crippen LogP contribution in [0.25, 0.3) is 11.3 Å². The Kier molecular flexibility index (Phi) is 2.49. The summed E-state index contributed by atoms with van der Waals surface area (Å²) in [5.74, 6) is 0. The molecule has 1 heterocycles. The highest BCUT2D eigenvalue weighted by Crippen LogP contribution is 2.25. The Morgan fingerprint density at radius 2 is 2.06 bits per heavy atom. The van der Waals surface area contributed by atoms with Gasteiger partial charge in [-0.05, 0) is 19.4 Å². The van der Waals surface area contributed by atoms with Crippen molar-refractivity contribution in [2.24, 2.45) is 7.05 Å². The Bertz CT molecular complexity index is 573. The van der Waals surface area contributed by atoms with Crippen LogP contribution in [-0.4, -0.2) is 9.55 Å². The number of nitrogens with zero attached hydrogens (tertiary/aromatic N) is 3. The smallest absolute Gasteiger partial charge is 0.147 e. The third-order valence-electron chi connectivity index (χ3n) is 2.68. The van der Waals surface area contributed by atoms with Crippen molar-refractivity contribution in [3.05, 3.63) is 41.3 Å². The van der Waals surface area contributed by atoms with E-state index in [1.165, 1.54) is 5.56 Å². The maximum Gasteiger partial charge on any atom is 0.147 e. The van der Waals surface area contributed by atoms with Gasteiger partial charge in [-0.2, -0.15) is 5.26 Å². The first-order valence-corrected chi connectivity index (χ1v) is 5.12. The molecule has 2 aromatic rings. The molecule has 0 aliphatic carbocycles. The molecule has 0 radical (unpaired) electrons. The second kappa shape index (κ2) is 3.82. The maximum atomic E-state index is 9.08. The van der Waals surface area contributed by atoms with Crippen molar-refractivity contribution < 1.29 is 0 Å². The van der Waals surface area contributed by atoms with Crippen LogP contribution < -0.4 is 0 Å². The maximum absolute atomic E-state index is 9.08. The average molecular weight is 211 g/mol. The molecule has 2 rings (SSSR count). The Morgan fingerprint density at radius 3 is 2.69 bits per heavy atom. The molecule has 16 heavy (non-hydrogen) atoms. The van der Waals surface area contributed by atoms with E-state index < -0.39 is 0 Å². The standard InChI is InChI=1S/C13H13N3/c1-9-4-5-11(10(2)6-9)13-12(7-14)16(3)8-15-13/h4-6,8H,1-3H3. The zero-order valence-corrected chi connectivity index (χ0v) is 9.65. The molecule has 80 valence electrons. The van der Waals surface area contributed by atoms with Crippen molar-refractivity contribution in [1.29, 1.82) is 5.26 Å². The second-order valence-electron chi connectivity index (χ2n) is 3.98. The minimum atomic E-state index is 0.604. The van der Waals surface area contributed by atoms with E-state index in [0.29, 0.717) is 5.69 Å². The fourth-order valence-corrected chi connectivity index (χ4v) is 1.84. The molecular weight excluding hydrogens is 198 g/mol. The number of hydrogen-bond acceptors (Lipinski definition) is 2. The predicted molar refractivity (Wildman–Crippen MR) is 62.8 cm³/mol. The fraction of sp³-hybridized carbons (Fsp3) is 0.231. The highest BCUT2D eigenvalue weighted by Gasteiger charge is 2.12. The van der Waals surface area contributed by atoms with E-state index in [0.717, 1.165) is 16.8 Å². The molecule has 0 saturated carbocycles. The van der Waals surface area contributed by atoms with E-state index in [1.54, 1.807) is 10.9 Å². The summed E-state index contributed by atoms with van der Waals surface area (Å²) < 4.78 is 1.74. The van der Waals surface area contributed by atoms with Gasteiger partial charge in [0, 0.05) is 12.6 Å². The number of aromatic nitrogens is 2. The molecule has 0 saturated heterocycles. The topological polar surface area (TPSA) is 41.6 Å². The lowest BCUT2D eigenvalue weighted by Crippen LogP contribution is -1.92. The number of nitriles is 1. The van der Waals surface area contributed by atoms with Gasteiger partial charge in [0.2, 0.25) is 0 Å². The monoisotopic (exact) mass is 211 g/mol. The van der Waals surface area contributed by atoms with Crippen LogP contribution in [-0.2, 0) is 7.05 Å². The van der Waals surface area contributed by atoms with Gasteiger partial charge in [0.15, 0.2) is 0 Å². The summed E-state index contributed by atoms with van der Waals surface area (Å²) in [7, 11) is 1.83. The lowest BCUT2D eigenvalue weighted by Gasteiger charge is -2.04. The zero-order valence-electron chi connectivity index (χ0n) is 9.65. The molecule has 0 atom stereocenters. The molecule has 0 spiro atoms. The molecule has 0 bridgehead atoms. The Morgan fingerprint density at radius 1 is 1.31 bits per heavy atom. The quantitative estimate of drug-likeness (QED) is 0.727. The SMILES string of the molecule is Cc1ccc(-c2ncn(C)c2C#N)c(C)c1. The van der Waals surface area contributed by atoms with Gasteiger partial charge in [-0.3, -0.25) is 0 Å². The highest BCUT2D eigenvalue weighted by atomic mass is 15.0. The minimum absolute atomic E-state index is 0.604. The summed E-state index contributed by atoms with van der Waals surface area (Å²) >= 11 is 0. The zero-order chi connectivity index (χ0) is 11.7. The molecule has 0 amide bonds. The van der Waals surface area contributed by atoms with Crippen LogP contribution in [0.3, 0.4) is 0 Å².